The number of hydroxylamine groups is 1. The lowest BCUT2D eigenvalue weighted by atomic mass is 9.90. The molecule has 3 aromatic carbocycles. The third-order valence-electron chi connectivity index (χ3n) is 5.86. The van der Waals surface area contributed by atoms with Crippen LogP contribution in [0.25, 0.3) is 0 Å². The molecular weight excluding hydrogens is 392 g/mol. The van der Waals surface area contributed by atoms with E-state index in [0.717, 1.165) is 16.8 Å². The molecule has 2 aliphatic heterocycles. The van der Waals surface area contributed by atoms with Crippen LogP contribution in [0.2, 0.25) is 0 Å². The molecule has 0 radical (unpaired) electrons. The number of aryl methyl sites for hydroxylation is 1. The van der Waals surface area contributed by atoms with Gasteiger partial charge in [0.1, 0.15) is 11.7 Å². The second kappa shape index (κ2) is 7.56. The van der Waals surface area contributed by atoms with Gasteiger partial charge in [-0.05, 0) is 36.8 Å². The number of anilines is 2. The molecule has 5 rings (SSSR count). The normalized spacial score (nSPS) is 22.7. The van der Waals surface area contributed by atoms with E-state index in [1.807, 2.05) is 61.5 Å². The zero-order valence-corrected chi connectivity index (χ0v) is 17.3. The Morgan fingerprint density at radius 2 is 1.55 bits per heavy atom. The minimum absolute atomic E-state index is 0.271. The summed E-state index contributed by atoms with van der Waals surface area (Å²) < 4.78 is 5.27. The molecule has 6 heteroatoms. The highest BCUT2D eigenvalue weighted by Crippen LogP contribution is 2.47. The standard InChI is InChI=1S/C25H22N2O4/c1-16-11-13-17(14-12-16)22-21-23(31-27(22)18-7-4-3-5-8-18)25(29)26(24(21)28)19-9-6-10-20(15-19)30-2/h3-15,21-23H,1-2H3. The van der Waals surface area contributed by atoms with Gasteiger partial charge in [0.2, 0.25) is 5.91 Å². The lowest BCUT2D eigenvalue weighted by Gasteiger charge is -2.28. The molecule has 0 spiro atoms. The minimum Gasteiger partial charge on any atom is -0.497 e. The largest absolute Gasteiger partial charge is 0.497 e. The quantitative estimate of drug-likeness (QED) is 0.603. The van der Waals surface area contributed by atoms with Crippen LogP contribution in [0.1, 0.15) is 17.2 Å². The highest BCUT2D eigenvalue weighted by Gasteiger charge is 2.60. The van der Waals surface area contributed by atoms with Gasteiger partial charge in [0.05, 0.1) is 24.5 Å². The van der Waals surface area contributed by atoms with Crippen molar-refractivity contribution in [3.63, 3.8) is 0 Å². The molecular formula is C25H22N2O4. The van der Waals surface area contributed by atoms with Gasteiger partial charge in [0.25, 0.3) is 5.91 Å². The third-order valence-corrected chi connectivity index (χ3v) is 5.86. The van der Waals surface area contributed by atoms with Gasteiger partial charge in [0, 0.05) is 6.07 Å². The Kier molecular flexibility index (Phi) is 4.71. The number of carbonyl (C=O) groups is 2. The van der Waals surface area contributed by atoms with E-state index in [1.54, 1.807) is 36.4 Å². The Bertz CT molecular complexity index is 1130. The van der Waals surface area contributed by atoms with Crippen molar-refractivity contribution in [2.24, 2.45) is 5.92 Å². The van der Waals surface area contributed by atoms with Crippen LogP contribution in [-0.2, 0) is 14.4 Å². The fourth-order valence-electron chi connectivity index (χ4n) is 4.32. The maximum absolute atomic E-state index is 13.6. The molecule has 2 fully saturated rings. The first-order valence-corrected chi connectivity index (χ1v) is 10.2. The Morgan fingerprint density at radius 1 is 0.839 bits per heavy atom. The van der Waals surface area contributed by atoms with Crippen molar-refractivity contribution in [2.45, 2.75) is 19.1 Å². The molecule has 156 valence electrons. The highest BCUT2D eigenvalue weighted by atomic mass is 16.7. The number of methoxy groups -OCH3 is 1. The summed E-state index contributed by atoms with van der Waals surface area (Å²) in [7, 11) is 1.55. The Hall–Kier alpha value is -3.64. The fourth-order valence-corrected chi connectivity index (χ4v) is 4.32. The van der Waals surface area contributed by atoms with Gasteiger partial charge in [-0.2, -0.15) is 0 Å². The third kappa shape index (κ3) is 3.16. The first kappa shape index (κ1) is 19.3. The predicted octanol–water partition coefficient (Wildman–Crippen LogP) is 4.05. The number of nitrogens with zero attached hydrogens (tertiary/aromatic N) is 2. The molecule has 3 unspecified atom stereocenters. The van der Waals surface area contributed by atoms with E-state index in [0.29, 0.717) is 11.4 Å². The van der Waals surface area contributed by atoms with Crippen LogP contribution >= 0.6 is 0 Å². The summed E-state index contributed by atoms with van der Waals surface area (Å²) in [5, 5.41) is 1.71. The summed E-state index contributed by atoms with van der Waals surface area (Å²) in [6.07, 6.45) is -0.884. The summed E-state index contributed by atoms with van der Waals surface area (Å²) in [5.74, 6) is -0.704. The van der Waals surface area contributed by atoms with E-state index in [4.69, 9.17) is 9.57 Å². The van der Waals surface area contributed by atoms with Crippen molar-refractivity contribution < 1.29 is 19.2 Å². The monoisotopic (exact) mass is 414 g/mol. The number of hydrogen-bond donors (Lipinski definition) is 0. The van der Waals surface area contributed by atoms with Gasteiger partial charge in [-0.15, -0.1) is 0 Å². The summed E-state index contributed by atoms with van der Waals surface area (Å²) in [5.41, 5.74) is 3.34. The maximum Gasteiger partial charge on any atom is 0.266 e. The van der Waals surface area contributed by atoms with Crippen molar-refractivity contribution >= 4 is 23.2 Å². The maximum atomic E-state index is 13.6. The number of amides is 2. The predicted molar refractivity (Wildman–Crippen MR) is 117 cm³/mol. The van der Waals surface area contributed by atoms with Gasteiger partial charge in [-0.1, -0.05) is 54.1 Å². The SMILES string of the molecule is COc1cccc(N2C(=O)C3ON(c4ccccc4)C(c4ccc(C)cc4)C3C2=O)c1. The minimum atomic E-state index is -0.884. The first-order chi connectivity index (χ1) is 15.1. The molecule has 0 saturated carbocycles. The summed E-state index contributed by atoms with van der Waals surface area (Å²) in [6.45, 7) is 2.02. The van der Waals surface area contributed by atoms with Gasteiger partial charge in [-0.3, -0.25) is 14.4 Å². The fraction of sp³-hybridized carbons (Fsp3) is 0.200. The first-order valence-electron chi connectivity index (χ1n) is 10.2. The van der Waals surface area contributed by atoms with Crippen molar-refractivity contribution in [3.8, 4) is 5.75 Å². The average molecular weight is 414 g/mol. The zero-order valence-electron chi connectivity index (χ0n) is 17.3. The zero-order chi connectivity index (χ0) is 21.5. The Labute approximate surface area is 180 Å². The van der Waals surface area contributed by atoms with E-state index >= 15 is 0 Å². The molecule has 2 amide bonds. The van der Waals surface area contributed by atoms with Crippen LogP contribution in [0.15, 0.2) is 78.9 Å². The van der Waals surface area contributed by atoms with Crippen molar-refractivity contribution in [1.29, 1.82) is 0 Å². The molecule has 6 nitrogen and oxygen atoms in total. The number of rotatable bonds is 4. The molecule has 0 N–H and O–H groups in total. The van der Waals surface area contributed by atoms with Crippen LogP contribution in [0.3, 0.4) is 0 Å². The molecule has 2 aliphatic rings. The number of hydrogen-bond acceptors (Lipinski definition) is 5. The molecule has 3 atom stereocenters. The number of benzene rings is 3. The second-order valence-electron chi connectivity index (χ2n) is 7.78. The molecule has 0 aliphatic carbocycles. The number of carbonyl (C=O) groups excluding carboxylic acids is 2. The molecule has 0 aromatic heterocycles. The van der Waals surface area contributed by atoms with Crippen molar-refractivity contribution in [2.75, 3.05) is 17.1 Å². The lowest BCUT2D eigenvalue weighted by Crippen LogP contribution is -2.37. The Morgan fingerprint density at radius 3 is 2.26 bits per heavy atom. The van der Waals surface area contributed by atoms with Crippen LogP contribution in [0.4, 0.5) is 11.4 Å². The topological polar surface area (TPSA) is 59.1 Å². The van der Waals surface area contributed by atoms with Crippen LogP contribution in [-0.4, -0.2) is 25.0 Å². The number of para-hydroxylation sites is 1. The van der Waals surface area contributed by atoms with E-state index in [9.17, 15) is 9.59 Å². The van der Waals surface area contributed by atoms with Crippen LogP contribution < -0.4 is 14.7 Å². The molecule has 2 saturated heterocycles. The number of fused-ring (bicyclic) bond motifs is 1. The van der Waals surface area contributed by atoms with E-state index in [-0.39, 0.29) is 11.8 Å². The van der Waals surface area contributed by atoms with E-state index < -0.39 is 18.1 Å². The molecule has 0 bridgehead atoms. The molecule has 3 aromatic rings. The Balaban J connectivity index is 1.57. The number of imide groups is 1. The van der Waals surface area contributed by atoms with Crippen molar-refractivity contribution in [1.82, 2.24) is 0 Å². The average Bonchev–Trinajstić information content (AvgIpc) is 3.31. The summed E-state index contributed by atoms with van der Waals surface area (Å²) in [6, 6.07) is 24.1. The van der Waals surface area contributed by atoms with E-state index in [2.05, 4.69) is 0 Å². The second-order valence-corrected chi connectivity index (χ2v) is 7.78. The van der Waals surface area contributed by atoms with Crippen LogP contribution in [0, 0.1) is 12.8 Å². The van der Waals surface area contributed by atoms with Gasteiger partial charge in [0.15, 0.2) is 6.10 Å². The summed E-state index contributed by atoms with van der Waals surface area (Å²) in [4.78, 5) is 34.3. The molecule has 2 heterocycles. The number of ether oxygens (including phenoxy) is 1. The van der Waals surface area contributed by atoms with Gasteiger partial charge >= 0.3 is 0 Å². The summed E-state index contributed by atoms with van der Waals surface area (Å²) >= 11 is 0. The van der Waals surface area contributed by atoms with Crippen molar-refractivity contribution in [3.05, 3.63) is 90.0 Å². The smallest absolute Gasteiger partial charge is 0.266 e. The van der Waals surface area contributed by atoms with Crippen LogP contribution in [0.5, 0.6) is 5.75 Å². The molecule has 31 heavy (non-hydrogen) atoms. The highest BCUT2D eigenvalue weighted by molar-refractivity contribution is 6.24. The van der Waals surface area contributed by atoms with Gasteiger partial charge < -0.3 is 4.74 Å². The lowest BCUT2D eigenvalue weighted by molar-refractivity contribution is -0.126. The van der Waals surface area contributed by atoms with Gasteiger partial charge in [-0.25, -0.2) is 9.96 Å². The van der Waals surface area contributed by atoms with E-state index in [1.165, 1.54) is 4.90 Å².